The summed E-state index contributed by atoms with van der Waals surface area (Å²) in [5.41, 5.74) is 1.52. The number of anilines is 1. The van der Waals surface area contributed by atoms with Crippen molar-refractivity contribution in [2.24, 2.45) is 0 Å². The van der Waals surface area contributed by atoms with E-state index < -0.39 is 11.9 Å². The van der Waals surface area contributed by atoms with E-state index in [1.807, 2.05) is 31.2 Å². The maximum absolute atomic E-state index is 12.5. The molecule has 0 saturated heterocycles. The molecule has 0 fully saturated rings. The zero-order chi connectivity index (χ0) is 20.8. The standard InChI is InChI=1S/C21H23N3O5/c1-4-14-6-8-15(9-7-14)28-13-16-10-11-18(29-16)20(25)22-17-12-24(5-2)23-19(17)21(26)27-3/h6-12H,4-5,13H2,1-3H3,(H,22,25). The summed E-state index contributed by atoms with van der Waals surface area (Å²) in [6, 6.07) is 11.0. The number of esters is 1. The number of ether oxygens (including phenoxy) is 2. The van der Waals surface area contributed by atoms with E-state index in [-0.39, 0.29) is 23.7 Å². The fraction of sp³-hybridized carbons (Fsp3) is 0.286. The van der Waals surface area contributed by atoms with Crippen molar-refractivity contribution in [2.45, 2.75) is 33.4 Å². The first-order valence-electron chi connectivity index (χ1n) is 9.31. The third-order valence-corrected chi connectivity index (χ3v) is 4.31. The summed E-state index contributed by atoms with van der Waals surface area (Å²) >= 11 is 0. The Kier molecular flexibility index (Phi) is 6.33. The van der Waals surface area contributed by atoms with Gasteiger partial charge in [0.2, 0.25) is 0 Å². The molecule has 8 nitrogen and oxygen atoms in total. The zero-order valence-corrected chi connectivity index (χ0v) is 16.6. The molecule has 0 spiro atoms. The van der Waals surface area contributed by atoms with Crippen molar-refractivity contribution < 1.29 is 23.5 Å². The first-order valence-corrected chi connectivity index (χ1v) is 9.31. The smallest absolute Gasteiger partial charge is 0.360 e. The van der Waals surface area contributed by atoms with Gasteiger partial charge in [0, 0.05) is 12.7 Å². The second-order valence-corrected chi connectivity index (χ2v) is 6.24. The van der Waals surface area contributed by atoms with Gasteiger partial charge in [0.25, 0.3) is 5.91 Å². The third kappa shape index (κ3) is 4.84. The van der Waals surface area contributed by atoms with Crippen molar-refractivity contribution in [3.63, 3.8) is 0 Å². The van der Waals surface area contributed by atoms with Crippen LogP contribution in [0, 0.1) is 0 Å². The van der Waals surface area contributed by atoms with E-state index in [1.165, 1.54) is 17.4 Å². The van der Waals surface area contributed by atoms with E-state index >= 15 is 0 Å². The topological polar surface area (TPSA) is 95.6 Å². The van der Waals surface area contributed by atoms with Gasteiger partial charge in [0.1, 0.15) is 18.1 Å². The Morgan fingerprint density at radius 3 is 2.55 bits per heavy atom. The van der Waals surface area contributed by atoms with Crippen LogP contribution in [0.15, 0.2) is 47.0 Å². The molecule has 0 aliphatic rings. The predicted octanol–water partition coefficient (Wildman–Crippen LogP) is 3.68. The zero-order valence-electron chi connectivity index (χ0n) is 16.6. The van der Waals surface area contributed by atoms with Crippen molar-refractivity contribution in [1.29, 1.82) is 0 Å². The van der Waals surface area contributed by atoms with Gasteiger partial charge in [-0.1, -0.05) is 19.1 Å². The fourth-order valence-electron chi connectivity index (χ4n) is 2.66. The Hall–Kier alpha value is -3.55. The van der Waals surface area contributed by atoms with E-state index in [0.29, 0.717) is 12.3 Å². The molecule has 0 radical (unpaired) electrons. The molecule has 3 rings (SSSR count). The van der Waals surface area contributed by atoms with Crippen LogP contribution in [0.1, 0.15) is 46.2 Å². The van der Waals surface area contributed by atoms with Crippen LogP contribution in [0.25, 0.3) is 0 Å². The summed E-state index contributed by atoms with van der Waals surface area (Å²) in [5, 5.41) is 6.74. The molecular weight excluding hydrogens is 374 g/mol. The number of carbonyl (C=O) groups excluding carboxylic acids is 2. The number of nitrogens with zero attached hydrogens (tertiary/aromatic N) is 2. The number of aryl methyl sites for hydroxylation is 2. The van der Waals surface area contributed by atoms with E-state index in [4.69, 9.17) is 13.9 Å². The van der Waals surface area contributed by atoms with Gasteiger partial charge in [0.15, 0.2) is 11.5 Å². The molecule has 0 atom stereocenters. The summed E-state index contributed by atoms with van der Waals surface area (Å²) < 4.78 is 17.5. The Labute approximate surface area is 168 Å². The van der Waals surface area contributed by atoms with Gasteiger partial charge in [-0.25, -0.2) is 4.79 Å². The molecule has 0 aliphatic carbocycles. The average Bonchev–Trinajstić information content (AvgIpc) is 3.39. The minimum absolute atomic E-state index is 0.0355. The Morgan fingerprint density at radius 2 is 1.90 bits per heavy atom. The highest BCUT2D eigenvalue weighted by atomic mass is 16.5. The highest BCUT2D eigenvalue weighted by molar-refractivity contribution is 6.05. The minimum Gasteiger partial charge on any atom is -0.486 e. The molecule has 0 saturated carbocycles. The van der Waals surface area contributed by atoms with Crippen LogP contribution >= 0.6 is 0 Å². The van der Waals surface area contributed by atoms with Gasteiger partial charge in [-0.05, 0) is 43.2 Å². The van der Waals surface area contributed by atoms with Crippen LogP contribution in [0.3, 0.4) is 0 Å². The van der Waals surface area contributed by atoms with E-state index in [0.717, 1.165) is 12.2 Å². The van der Waals surface area contributed by atoms with Crippen molar-refractivity contribution in [3.05, 3.63) is 65.4 Å². The summed E-state index contributed by atoms with van der Waals surface area (Å²) in [5.74, 6) is 0.205. The van der Waals surface area contributed by atoms with Crippen molar-refractivity contribution in [2.75, 3.05) is 12.4 Å². The van der Waals surface area contributed by atoms with Gasteiger partial charge >= 0.3 is 5.97 Å². The molecule has 1 amide bonds. The van der Waals surface area contributed by atoms with Crippen LogP contribution in [0.5, 0.6) is 5.75 Å². The van der Waals surface area contributed by atoms with Crippen LogP contribution < -0.4 is 10.1 Å². The largest absolute Gasteiger partial charge is 0.486 e. The normalized spacial score (nSPS) is 10.6. The maximum Gasteiger partial charge on any atom is 0.360 e. The van der Waals surface area contributed by atoms with Crippen LogP contribution in [-0.2, 0) is 24.3 Å². The quantitative estimate of drug-likeness (QED) is 0.583. The van der Waals surface area contributed by atoms with Crippen molar-refractivity contribution in [3.8, 4) is 5.75 Å². The lowest BCUT2D eigenvalue weighted by atomic mass is 10.2. The monoisotopic (exact) mass is 397 g/mol. The summed E-state index contributed by atoms with van der Waals surface area (Å²) in [4.78, 5) is 24.4. The molecule has 0 aliphatic heterocycles. The molecule has 2 heterocycles. The van der Waals surface area contributed by atoms with E-state index in [9.17, 15) is 9.59 Å². The molecule has 1 N–H and O–H groups in total. The first-order chi connectivity index (χ1) is 14.0. The Balaban J connectivity index is 1.64. The summed E-state index contributed by atoms with van der Waals surface area (Å²) in [7, 11) is 1.26. The van der Waals surface area contributed by atoms with E-state index in [2.05, 4.69) is 17.3 Å². The number of methoxy groups -OCH3 is 1. The first kappa shape index (κ1) is 20.2. The third-order valence-electron chi connectivity index (χ3n) is 4.31. The number of furan rings is 1. The summed E-state index contributed by atoms with van der Waals surface area (Å²) in [6.45, 7) is 4.70. The highest BCUT2D eigenvalue weighted by Crippen LogP contribution is 2.19. The molecule has 8 heteroatoms. The molecule has 1 aromatic carbocycles. The lowest BCUT2D eigenvalue weighted by molar-refractivity contribution is 0.0594. The number of nitrogens with one attached hydrogen (secondary N) is 1. The van der Waals surface area contributed by atoms with E-state index in [1.54, 1.807) is 18.3 Å². The number of rotatable bonds is 8. The molecule has 0 unspecified atom stereocenters. The van der Waals surface area contributed by atoms with Crippen molar-refractivity contribution in [1.82, 2.24) is 9.78 Å². The molecule has 3 aromatic rings. The van der Waals surface area contributed by atoms with Gasteiger partial charge in [-0.15, -0.1) is 0 Å². The second-order valence-electron chi connectivity index (χ2n) is 6.24. The number of hydrogen-bond donors (Lipinski definition) is 1. The highest BCUT2D eigenvalue weighted by Gasteiger charge is 2.21. The van der Waals surface area contributed by atoms with Crippen molar-refractivity contribution >= 4 is 17.6 Å². The molecule has 152 valence electrons. The lowest BCUT2D eigenvalue weighted by Crippen LogP contribution is -2.14. The number of aromatic nitrogens is 2. The van der Waals surface area contributed by atoms with Gasteiger partial charge in [-0.2, -0.15) is 5.10 Å². The minimum atomic E-state index is -0.630. The van der Waals surface area contributed by atoms with Gasteiger partial charge in [0.05, 0.1) is 12.8 Å². The molecule has 29 heavy (non-hydrogen) atoms. The fourth-order valence-corrected chi connectivity index (χ4v) is 2.66. The molecule has 0 bridgehead atoms. The van der Waals surface area contributed by atoms with Gasteiger partial charge in [-0.3, -0.25) is 9.48 Å². The Bertz CT molecular complexity index is 988. The Morgan fingerprint density at radius 1 is 1.14 bits per heavy atom. The van der Waals surface area contributed by atoms with Crippen LogP contribution in [-0.4, -0.2) is 28.8 Å². The van der Waals surface area contributed by atoms with Crippen LogP contribution in [0.4, 0.5) is 5.69 Å². The lowest BCUT2D eigenvalue weighted by Gasteiger charge is -2.05. The summed E-state index contributed by atoms with van der Waals surface area (Å²) in [6.07, 6.45) is 2.53. The number of amides is 1. The maximum atomic E-state index is 12.5. The van der Waals surface area contributed by atoms with Crippen LogP contribution in [0.2, 0.25) is 0 Å². The van der Waals surface area contributed by atoms with Gasteiger partial charge < -0.3 is 19.2 Å². The number of hydrogen-bond acceptors (Lipinski definition) is 6. The molecule has 2 aromatic heterocycles. The molecular formula is C21H23N3O5. The average molecular weight is 397 g/mol. The number of benzene rings is 1. The second kappa shape index (κ2) is 9.09. The number of carbonyl (C=O) groups is 2. The SMILES string of the molecule is CCc1ccc(OCc2ccc(C(=O)Nc3cn(CC)nc3C(=O)OC)o2)cc1. The predicted molar refractivity (Wildman–Crippen MR) is 106 cm³/mol.